The maximum atomic E-state index is 5.56. The number of nitrogens with one attached hydrogen (secondary N) is 1. The first-order chi connectivity index (χ1) is 9.10. The molecule has 0 saturated carbocycles. The second-order valence-corrected chi connectivity index (χ2v) is 4.82. The largest absolute Gasteiger partial charge is 0.497 e. The van der Waals surface area contributed by atoms with Crippen LogP contribution in [-0.2, 0) is 6.54 Å². The van der Waals surface area contributed by atoms with Crippen LogP contribution in [0, 0.1) is 13.8 Å². The van der Waals surface area contributed by atoms with E-state index in [2.05, 4.69) is 30.4 Å². The van der Waals surface area contributed by atoms with Crippen LogP contribution in [0.2, 0.25) is 0 Å². The third-order valence-electron chi connectivity index (χ3n) is 3.32. The predicted octanol–water partition coefficient (Wildman–Crippen LogP) is 3.76. The van der Waals surface area contributed by atoms with Gasteiger partial charge in [-0.05, 0) is 44.5 Å². The van der Waals surface area contributed by atoms with Crippen LogP contribution in [0.1, 0.15) is 35.6 Å². The van der Waals surface area contributed by atoms with E-state index >= 15 is 0 Å². The first-order valence-corrected chi connectivity index (χ1v) is 6.53. The Morgan fingerprint density at radius 1 is 1.21 bits per heavy atom. The summed E-state index contributed by atoms with van der Waals surface area (Å²) >= 11 is 0. The molecule has 0 amide bonds. The molecule has 1 atom stereocenters. The van der Waals surface area contributed by atoms with E-state index in [4.69, 9.17) is 9.15 Å². The molecule has 1 aromatic heterocycles. The van der Waals surface area contributed by atoms with E-state index < -0.39 is 0 Å². The zero-order valence-electron chi connectivity index (χ0n) is 12.0. The van der Waals surface area contributed by atoms with Crippen LogP contribution in [0.4, 0.5) is 0 Å². The van der Waals surface area contributed by atoms with Crippen LogP contribution >= 0.6 is 0 Å². The van der Waals surface area contributed by atoms with Crippen LogP contribution in [0.3, 0.4) is 0 Å². The molecule has 0 aliphatic heterocycles. The van der Waals surface area contributed by atoms with Gasteiger partial charge in [0.05, 0.1) is 7.11 Å². The van der Waals surface area contributed by atoms with E-state index in [9.17, 15) is 0 Å². The van der Waals surface area contributed by atoms with Crippen molar-refractivity contribution in [1.82, 2.24) is 5.32 Å². The van der Waals surface area contributed by atoms with Gasteiger partial charge in [0.2, 0.25) is 0 Å². The number of benzene rings is 1. The van der Waals surface area contributed by atoms with E-state index in [0.717, 1.165) is 23.8 Å². The number of rotatable bonds is 5. The van der Waals surface area contributed by atoms with Crippen LogP contribution in [0.15, 0.2) is 34.7 Å². The Morgan fingerprint density at radius 2 is 1.89 bits per heavy atom. The minimum Gasteiger partial charge on any atom is -0.497 e. The lowest BCUT2D eigenvalue weighted by Gasteiger charge is -2.13. The van der Waals surface area contributed by atoms with Crippen LogP contribution in [0.25, 0.3) is 0 Å². The molecule has 0 aliphatic rings. The SMILES string of the molecule is COc1ccc(CNC(C)c2cc(C)oc2C)cc1. The van der Waals surface area contributed by atoms with Crippen molar-refractivity contribution in [2.75, 3.05) is 7.11 Å². The van der Waals surface area contributed by atoms with Crippen molar-refractivity contribution in [3.63, 3.8) is 0 Å². The molecular formula is C16H21NO2. The van der Waals surface area contributed by atoms with Gasteiger partial charge in [0.1, 0.15) is 17.3 Å². The highest BCUT2D eigenvalue weighted by Gasteiger charge is 2.11. The Bertz CT molecular complexity index is 528. The zero-order valence-corrected chi connectivity index (χ0v) is 12.0. The molecule has 3 heteroatoms. The van der Waals surface area contributed by atoms with Gasteiger partial charge in [-0.25, -0.2) is 0 Å². The first-order valence-electron chi connectivity index (χ1n) is 6.53. The Hall–Kier alpha value is -1.74. The van der Waals surface area contributed by atoms with Crippen molar-refractivity contribution < 1.29 is 9.15 Å². The van der Waals surface area contributed by atoms with Crippen molar-refractivity contribution in [2.24, 2.45) is 0 Å². The summed E-state index contributed by atoms with van der Waals surface area (Å²) in [4.78, 5) is 0. The highest BCUT2D eigenvalue weighted by Crippen LogP contribution is 2.21. The molecule has 102 valence electrons. The lowest BCUT2D eigenvalue weighted by atomic mass is 10.1. The van der Waals surface area contributed by atoms with Gasteiger partial charge < -0.3 is 14.5 Å². The third kappa shape index (κ3) is 3.38. The summed E-state index contributed by atoms with van der Waals surface area (Å²) in [5, 5.41) is 3.51. The normalized spacial score (nSPS) is 12.4. The van der Waals surface area contributed by atoms with E-state index in [-0.39, 0.29) is 6.04 Å². The molecule has 1 unspecified atom stereocenters. The fourth-order valence-corrected chi connectivity index (χ4v) is 2.20. The zero-order chi connectivity index (χ0) is 13.8. The number of ether oxygens (including phenoxy) is 1. The van der Waals surface area contributed by atoms with Gasteiger partial charge in [0.15, 0.2) is 0 Å². The lowest BCUT2D eigenvalue weighted by Crippen LogP contribution is -2.18. The second-order valence-electron chi connectivity index (χ2n) is 4.82. The second kappa shape index (κ2) is 5.93. The third-order valence-corrected chi connectivity index (χ3v) is 3.32. The quantitative estimate of drug-likeness (QED) is 0.888. The fourth-order valence-electron chi connectivity index (χ4n) is 2.20. The molecular weight excluding hydrogens is 238 g/mol. The minimum atomic E-state index is 0.277. The van der Waals surface area contributed by atoms with Gasteiger partial charge in [-0.1, -0.05) is 12.1 Å². The van der Waals surface area contributed by atoms with Crippen molar-refractivity contribution in [2.45, 2.75) is 33.4 Å². The number of methoxy groups -OCH3 is 1. The van der Waals surface area contributed by atoms with Gasteiger partial charge in [0, 0.05) is 18.2 Å². The van der Waals surface area contributed by atoms with Crippen molar-refractivity contribution in [3.05, 3.63) is 53.0 Å². The van der Waals surface area contributed by atoms with E-state index in [1.54, 1.807) is 7.11 Å². The molecule has 0 aliphatic carbocycles. The number of furan rings is 1. The Balaban J connectivity index is 1.96. The molecule has 0 radical (unpaired) electrons. The first kappa shape index (κ1) is 13.7. The topological polar surface area (TPSA) is 34.4 Å². The molecule has 0 fully saturated rings. The Labute approximate surface area is 114 Å². The lowest BCUT2D eigenvalue weighted by molar-refractivity contribution is 0.414. The van der Waals surface area contributed by atoms with Gasteiger partial charge >= 0.3 is 0 Å². The maximum Gasteiger partial charge on any atom is 0.118 e. The number of hydrogen-bond donors (Lipinski definition) is 1. The summed E-state index contributed by atoms with van der Waals surface area (Å²) in [6, 6.07) is 10.5. The molecule has 2 rings (SSSR count). The van der Waals surface area contributed by atoms with Gasteiger partial charge in [0.25, 0.3) is 0 Å². The molecule has 0 bridgehead atoms. The van der Waals surface area contributed by atoms with Crippen molar-refractivity contribution in [1.29, 1.82) is 0 Å². The van der Waals surface area contributed by atoms with Crippen LogP contribution in [-0.4, -0.2) is 7.11 Å². The summed E-state index contributed by atoms with van der Waals surface area (Å²) in [5.74, 6) is 2.84. The smallest absolute Gasteiger partial charge is 0.118 e. The van der Waals surface area contributed by atoms with Gasteiger partial charge in [-0.2, -0.15) is 0 Å². The molecule has 2 aromatic rings. The number of aryl methyl sites for hydroxylation is 2. The van der Waals surface area contributed by atoms with Gasteiger partial charge in [-0.15, -0.1) is 0 Å². The molecule has 1 aromatic carbocycles. The molecule has 3 nitrogen and oxygen atoms in total. The summed E-state index contributed by atoms with van der Waals surface area (Å²) in [6.07, 6.45) is 0. The molecule has 1 N–H and O–H groups in total. The van der Waals surface area contributed by atoms with E-state index in [0.29, 0.717) is 0 Å². The highest BCUT2D eigenvalue weighted by molar-refractivity contribution is 5.28. The van der Waals surface area contributed by atoms with Crippen LogP contribution in [0.5, 0.6) is 5.75 Å². The van der Waals surface area contributed by atoms with Crippen LogP contribution < -0.4 is 10.1 Å². The van der Waals surface area contributed by atoms with E-state index in [1.807, 2.05) is 26.0 Å². The monoisotopic (exact) mass is 259 g/mol. The summed E-state index contributed by atoms with van der Waals surface area (Å²) in [5.41, 5.74) is 2.47. The molecule has 19 heavy (non-hydrogen) atoms. The predicted molar refractivity (Wildman–Crippen MR) is 76.4 cm³/mol. The van der Waals surface area contributed by atoms with Crippen molar-refractivity contribution >= 4 is 0 Å². The summed E-state index contributed by atoms with van der Waals surface area (Å²) < 4.78 is 10.7. The molecule has 0 saturated heterocycles. The maximum absolute atomic E-state index is 5.56. The molecule has 0 spiro atoms. The highest BCUT2D eigenvalue weighted by atomic mass is 16.5. The Morgan fingerprint density at radius 3 is 2.42 bits per heavy atom. The Kier molecular flexibility index (Phi) is 4.27. The van der Waals surface area contributed by atoms with E-state index in [1.165, 1.54) is 11.1 Å². The van der Waals surface area contributed by atoms with Crippen molar-refractivity contribution in [3.8, 4) is 5.75 Å². The number of hydrogen-bond acceptors (Lipinski definition) is 3. The fraction of sp³-hybridized carbons (Fsp3) is 0.375. The average Bonchev–Trinajstić information content (AvgIpc) is 2.75. The summed E-state index contributed by atoms with van der Waals surface area (Å²) in [7, 11) is 1.68. The van der Waals surface area contributed by atoms with Gasteiger partial charge in [-0.3, -0.25) is 0 Å². The standard InChI is InChI=1S/C16H21NO2/c1-11-9-16(13(3)19-11)12(2)17-10-14-5-7-15(18-4)8-6-14/h5-9,12,17H,10H2,1-4H3. The summed E-state index contributed by atoms with van der Waals surface area (Å²) in [6.45, 7) is 6.97. The minimum absolute atomic E-state index is 0.277. The average molecular weight is 259 g/mol. The molecule has 1 heterocycles.